The van der Waals surface area contributed by atoms with Gasteiger partial charge in [-0.25, -0.2) is 4.79 Å². The van der Waals surface area contributed by atoms with Crippen molar-refractivity contribution in [1.82, 2.24) is 0 Å². The van der Waals surface area contributed by atoms with Crippen LogP contribution in [0.25, 0.3) is 0 Å². The molecule has 1 aromatic carbocycles. The predicted molar refractivity (Wildman–Crippen MR) is 87.0 cm³/mol. The van der Waals surface area contributed by atoms with Crippen molar-refractivity contribution in [3.63, 3.8) is 0 Å². The molecule has 2 N–H and O–H groups in total. The van der Waals surface area contributed by atoms with Crippen LogP contribution >= 0.6 is 27.3 Å². The molecule has 110 valence electrons. The average molecular weight is 368 g/mol. The van der Waals surface area contributed by atoms with Gasteiger partial charge in [-0.05, 0) is 42.5 Å². The molecule has 0 unspecified atom stereocenters. The summed E-state index contributed by atoms with van der Waals surface area (Å²) < 4.78 is 0.724. The van der Waals surface area contributed by atoms with Gasteiger partial charge >= 0.3 is 5.97 Å². The summed E-state index contributed by atoms with van der Waals surface area (Å²) >= 11 is 4.94. The van der Waals surface area contributed by atoms with E-state index in [1.54, 1.807) is 23.5 Å². The normalized spacial score (nSPS) is 10.3. The number of amides is 1. The SMILES string of the molecule is O=C(CCCc1cccs1)Nc1cc(Br)ccc1C(=O)O. The van der Waals surface area contributed by atoms with E-state index in [1.165, 1.54) is 10.9 Å². The van der Waals surface area contributed by atoms with Crippen molar-refractivity contribution in [2.75, 3.05) is 5.32 Å². The highest BCUT2D eigenvalue weighted by atomic mass is 79.9. The van der Waals surface area contributed by atoms with Gasteiger partial charge in [0, 0.05) is 15.8 Å². The summed E-state index contributed by atoms with van der Waals surface area (Å²) in [6.45, 7) is 0. The Morgan fingerprint density at radius 1 is 1.29 bits per heavy atom. The predicted octanol–water partition coefficient (Wildman–Crippen LogP) is 4.17. The summed E-state index contributed by atoms with van der Waals surface area (Å²) in [5.74, 6) is -1.23. The molecule has 0 aliphatic heterocycles. The Kier molecular flexibility index (Phi) is 5.52. The van der Waals surface area contributed by atoms with Gasteiger partial charge in [-0.15, -0.1) is 11.3 Å². The van der Waals surface area contributed by atoms with Gasteiger partial charge in [0.2, 0.25) is 5.91 Å². The van der Waals surface area contributed by atoms with Gasteiger partial charge in [0.15, 0.2) is 0 Å². The number of benzene rings is 1. The fraction of sp³-hybridized carbons (Fsp3) is 0.200. The van der Waals surface area contributed by atoms with Gasteiger partial charge < -0.3 is 10.4 Å². The summed E-state index contributed by atoms with van der Waals surface area (Å²) in [5, 5.41) is 13.8. The number of nitrogens with one attached hydrogen (secondary N) is 1. The van der Waals surface area contributed by atoms with E-state index in [2.05, 4.69) is 21.2 Å². The van der Waals surface area contributed by atoms with Crippen LogP contribution in [-0.4, -0.2) is 17.0 Å². The number of carbonyl (C=O) groups excluding carboxylic acids is 1. The summed E-state index contributed by atoms with van der Waals surface area (Å²) in [4.78, 5) is 24.3. The summed E-state index contributed by atoms with van der Waals surface area (Å²) in [6.07, 6.45) is 1.96. The van der Waals surface area contributed by atoms with Crippen molar-refractivity contribution in [1.29, 1.82) is 0 Å². The first-order chi connectivity index (χ1) is 10.1. The van der Waals surface area contributed by atoms with Crippen LogP contribution in [-0.2, 0) is 11.2 Å². The molecular weight excluding hydrogens is 354 g/mol. The number of hydrogen-bond donors (Lipinski definition) is 2. The van der Waals surface area contributed by atoms with Crippen LogP contribution in [0.5, 0.6) is 0 Å². The van der Waals surface area contributed by atoms with Gasteiger partial charge in [0.1, 0.15) is 0 Å². The number of aryl methyl sites for hydroxylation is 1. The first-order valence-electron chi connectivity index (χ1n) is 6.41. The van der Waals surface area contributed by atoms with Gasteiger partial charge in [-0.2, -0.15) is 0 Å². The number of rotatable bonds is 6. The first kappa shape index (κ1) is 15.7. The van der Waals surface area contributed by atoms with Crippen molar-refractivity contribution in [3.8, 4) is 0 Å². The zero-order chi connectivity index (χ0) is 15.2. The lowest BCUT2D eigenvalue weighted by Crippen LogP contribution is -2.14. The Morgan fingerprint density at radius 3 is 2.76 bits per heavy atom. The molecule has 0 aliphatic carbocycles. The maximum atomic E-state index is 11.9. The number of hydrogen-bond acceptors (Lipinski definition) is 3. The average Bonchev–Trinajstić information content (AvgIpc) is 2.91. The Hall–Kier alpha value is -1.66. The number of carbonyl (C=O) groups is 2. The maximum absolute atomic E-state index is 11.9. The molecule has 6 heteroatoms. The molecule has 4 nitrogen and oxygen atoms in total. The van der Waals surface area contributed by atoms with Crippen LogP contribution < -0.4 is 5.32 Å². The summed E-state index contributed by atoms with van der Waals surface area (Å²) in [6, 6.07) is 8.73. The number of anilines is 1. The van der Waals surface area contributed by atoms with Crippen molar-refractivity contribution < 1.29 is 14.7 Å². The van der Waals surface area contributed by atoms with E-state index in [0.717, 1.165) is 17.3 Å². The van der Waals surface area contributed by atoms with Crippen LogP contribution in [0.3, 0.4) is 0 Å². The highest BCUT2D eigenvalue weighted by molar-refractivity contribution is 9.10. The zero-order valence-corrected chi connectivity index (χ0v) is 13.5. The highest BCUT2D eigenvalue weighted by Gasteiger charge is 2.12. The molecule has 0 bridgehead atoms. The quantitative estimate of drug-likeness (QED) is 0.804. The molecule has 0 fully saturated rings. The lowest BCUT2D eigenvalue weighted by Gasteiger charge is -2.09. The molecule has 1 heterocycles. The minimum atomic E-state index is -1.06. The number of thiophene rings is 1. The third-order valence-corrected chi connectivity index (χ3v) is 4.32. The monoisotopic (exact) mass is 367 g/mol. The molecule has 2 rings (SSSR count). The van der Waals surface area contributed by atoms with Crippen molar-refractivity contribution in [3.05, 3.63) is 50.6 Å². The topological polar surface area (TPSA) is 66.4 Å². The lowest BCUT2D eigenvalue weighted by molar-refractivity contribution is -0.116. The molecule has 2 aromatic rings. The van der Waals surface area contributed by atoms with E-state index in [1.807, 2.05) is 17.5 Å². The molecule has 0 spiro atoms. The standard InChI is InChI=1S/C15H14BrNO3S/c16-10-6-7-12(15(19)20)13(9-10)17-14(18)5-1-3-11-4-2-8-21-11/h2,4,6-9H,1,3,5H2,(H,17,18)(H,19,20). The second-order valence-electron chi connectivity index (χ2n) is 4.48. The van der Waals surface area contributed by atoms with E-state index < -0.39 is 5.97 Å². The second kappa shape index (κ2) is 7.38. The van der Waals surface area contributed by atoms with E-state index in [-0.39, 0.29) is 11.5 Å². The number of carboxylic acid groups (broad SMARTS) is 1. The molecular formula is C15H14BrNO3S. The third-order valence-electron chi connectivity index (χ3n) is 2.89. The Labute approximate surface area is 134 Å². The minimum Gasteiger partial charge on any atom is -0.478 e. The fourth-order valence-corrected chi connectivity index (χ4v) is 3.01. The van der Waals surface area contributed by atoms with Crippen molar-refractivity contribution >= 4 is 44.8 Å². The largest absolute Gasteiger partial charge is 0.478 e. The smallest absolute Gasteiger partial charge is 0.337 e. The van der Waals surface area contributed by atoms with Gasteiger partial charge in [-0.1, -0.05) is 22.0 Å². The third kappa shape index (κ3) is 4.68. The number of carboxylic acids is 1. The number of halogens is 1. The maximum Gasteiger partial charge on any atom is 0.337 e. The van der Waals surface area contributed by atoms with Gasteiger partial charge in [0.05, 0.1) is 11.3 Å². The molecule has 1 amide bonds. The van der Waals surface area contributed by atoms with Crippen molar-refractivity contribution in [2.45, 2.75) is 19.3 Å². The summed E-state index contributed by atoms with van der Waals surface area (Å²) in [7, 11) is 0. The number of aromatic carboxylic acids is 1. The molecule has 0 saturated heterocycles. The van der Waals surface area contributed by atoms with Crippen LogP contribution in [0.2, 0.25) is 0 Å². The first-order valence-corrected chi connectivity index (χ1v) is 8.08. The molecule has 21 heavy (non-hydrogen) atoms. The van der Waals surface area contributed by atoms with Crippen LogP contribution in [0, 0.1) is 0 Å². The minimum absolute atomic E-state index is 0.0878. The second-order valence-corrected chi connectivity index (χ2v) is 6.42. The zero-order valence-electron chi connectivity index (χ0n) is 11.1. The van der Waals surface area contributed by atoms with E-state index in [0.29, 0.717) is 12.1 Å². The van der Waals surface area contributed by atoms with Gasteiger partial charge in [-0.3, -0.25) is 4.79 Å². The van der Waals surface area contributed by atoms with Gasteiger partial charge in [0.25, 0.3) is 0 Å². The van der Waals surface area contributed by atoms with E-state index in [9.17, 15) is 9.59 Å². The molecule has 0 atom stereocenters. The highest BCUT2D eigenvalue weighted by Crippen LogP contribution is 2.22. The lowest BCUT2D eigenvalue weighted by atomic mass is 10.1. The Balaban J connectivity index is 1.93. The van der Waals surface area contributed by atoms with Crippen LogP contribution in [0.1, 0.15) is 28.1 Å². The molecule has 0 radical (unpaired) electrons. The van der Waals surface area contributed by atoms with Crippen LogP contribution in [0.15, 0.2) is 40.2 Å². The molecule has 0 saturated carbocycles. The van der Waals surface area contributed by atoms with Crippen LogP contribution in [0.4, 0.5) is 5.69 Å². The summed E-state index contributed by atoms with van der Waals surface area (Å²) in [5.41, 5.74) is 0.405. The van der Waals surface area contributed by atoms with E-state index in [4.69, 9.17) is 5.11 Å². The molecule has 0 aliphatic rings. The fourth-order valence-electron chi connectivity index (χ4n) is 1.90. The van der Waals surface area contributed by atoms with E-state index >= 15 is 0 Å². The molecule has 1 aromatic heterocycles. The van der Waals surface area contributed by atoms with Crippen molar-refractivity contribution in [2.24, 2.45) is 0 Å². The Bertz CT molecular complexity index is 640. The Morgan fingerprint density at radius 2 is 2.10 bits per heavy atom.